The van der Waals surface area contributed by atoms with Gasteiger partial charge in [0.1, 0.15) is 5.82 Å². The molecule has 0 aliphatic carbocycles. The second-order valence-corrected chi connectivity index (χ2v) is 5.69. The first-order valence-electron chi connectivity index (χ1n) is 6.03. The highest BCUT2D eigenvalue weighted by atomic mass is 16.2. The summed E-state index contributed by atoms with van der Waals surface area (Å²) < 4.78 is 0. The van der Waals surface area contributed by atoms with Crippen molar-refractivity contribution in [2.24, 2.45) is 5.92 Å². The summed E-state index contributed by atoms with van der Waals surface area (Å²) in [6, 6.07) is 0. The monoisotopic (exact) mass is 233 g/mol. The molecule has 0 bridgehead atoms. The van der Waals surface area contributed by atoms with E-state index in [4.69, 9.17) is 0 Å². The van der Waals surface area contributed by atoms with Crippen LogP contribution < -0.4 is 4.90 Å². The van der Waals surface area contributed by atoms with E-state index in [0.29, 0.717) is 0 Å². The molecule has 0 radical (unpaired) electrons. The Bertz CT molecular complexity index is 419. The molecule has 1 atom stereocenters. The molecule has 2 heterocycles. The molecule has 0 N–H and O–H groups in total. The maximum absolute atomic E-state index is 11.9. The molecule has 1 saturated heterocycles. The van der Waals surface area contributed by atoms with E-state index in [0.717, 1.165) is 24.5 Å². The molecular formula is C13H19N3O. The van der Waals surface area contributed by atoms with Crippen molar-refractivity contribution in [1.82, 2.24) is 9.97 Å². The first-order valence-corrected chi connectivity index (χ1v) is 6.03. The second kappa shape index (κ2) is 4.09. The molecule has 92 valence electrons. The number of nitrogens with zero attached hydrogens (tertiary/aromatic N) is 3. The van der Waals surface area contributed by atoms with Gasteiger partial charge in [0.05, 0.1) is 18.1 Å². The van der Waals surface area contributed by atoms with E-state index < -0.39 is 0 Å². The Kier molecular flexibility index (Phi) is 2.89. The number of carbonyl (C=O) groups is 1. The highest BCUT2D eigenvalue weighted by molar-refractivity contribution is 5.96. The predicted octanol–water partition coefficient (Wildman–Crippen LogP) is 2.15. The minimum Gasteiger partial charge on any atom is -0.309 e. The molecule has 1 amide bonds. The van der Waals surface area contributed by atoms with E-state index in [1.807, 2.05) is 6.92 Å². The average molecular weight is 233 g/mol. The van der Waals surface area contributed by atoms with Gasteiger partial charge in [-0.1, -0.05) is 27.7 Å². The van der Waals surface area contributed by atoms with Crippen LogP contribution in [0.1, 0.15) is 39.9 Å². The van der Waals surface area contributed by atoms with Crippen molar-refractivity contribution < 1.29 is 4.79 Å². The lowest BCUT2D eigenvalue weighted by Gasteiger charge is -2.19. The molecular weight excluding hydrogens is 214 g/mol. The molecule has 1 aromatic heterocycles. The van der Waals surface area contributed by atoms with Gasteiger partial charge >= 0.3 is 0 Å². The van der Waals surface area contributed by atoms with Crippen molar-refractivity contribution >= 4 is 11.6 Å². The van der Waals surface area contributed by atoms with Crippen LogP contribution in [0.15, 0.2) is 12.4 Å². The standard InChI is InChI=1S/C13H19N3O/c1-9-5-6-16(11(9)17)10-7-14-12(15-8-10)13(2,3)4/h7-9H,5-6H2,1-4H3/t9-/m1/s1. The van der Waals surface area contributed by atoms with Crippen LogP contribution in [-0.2, 0) is 10.2 Å². The number of amides is 1. The molecule has 0 spiro atoms. The lowest BCUT2D eigenvalue weighted by molar-refractivity contribution is -0.119. The summed E-state index contributed by atoms with van der Waals surface area (Å²) in [7, 11) is 0. The quantitative estimate of drug-likeness (QED) is 0.746. The molecule has 1 aromatic rings. The highest BCUT2D eigenvalue weighted by Crippen LogP contribution is 2.25. The summed E-state index contributed by atoms with van der Waals surface area (Å²) in [5.74, 6) is 1.11. The van der Waals surface area contributed by atoms with Crippen LogP contribution in [0.3, 0.4) is 0 Å². The van der Waals surface area contributed by atoms with E-state index >= 15 is 0 Å². The van der Waals surface area contributed by atoms with Gasteiger partial charge in [0.25, 0.3) is 0 Å². The zero-order valence-electron chi connectivity index (χ0n) is 10.9. The fourth-order valence-corrected chi connectivity index (χ4v) is 1.93. The Hall–Kier alpha value is -1.45. The van der Waals surface area contributed by atoms with Gasteiger partial charge in [-0.25, -0.2) is 9.97 Å². The SMILES string of the molecule is C[C@@H]1CCN(c2cnc(C(C)(C)C)nc2)C1=O. The number of carbonyl (C=O) groups excluding carboxylic acids is 1. The number of aromatic nitrogens is 2. The zero-order chi connectivity index (χ0) is 12.6. The first-order chi connectivity index (χ1) is 7.89. The first kappa shape index (κ1) is 12.0. The number of hydrogen-bond donors (Lipinski definition) is 0. The molecule has 4 heteroatoms. The molecule has 1 fully saturated rings. The molecule has 1 aliphatic rings. The fraction of sp³-hybridized carbons (Fsp3) is 0.615. The third-order valence-corrected chi connectivity index (χ3v) is 3.09. The van der Waals surface area contributed by atoms with E-state index in [1.165, 1.54) is 0 Å². The Morgan fingerprint density at radius 1 is 1.29 bits per heavy atom. The van der Waals surface area contributed by atoms with Crippen molar-refractivity contribution in [3.63, 3.8) is 0 Å². The lowest BCUT2D eigenvalue weighted by Crippen LogP contribution is -2.27. The third-order valence-electron chi connectivity index (χ3n) is 3.09. The summed E-state index contributed by atoms with van der Waals surface area (Å²) in [4.78, 5) is 22.3. The molecule has 17 heavy (non-hydrogen) atoms. The van der Waals surface area contributed by atoms with E-state index in [9.17, 15) is 4.79 Å². The van der Waals surface area contributed by atoms with Crippen LogP contribution in [0.4, 0.5) is 5.69 Å². The lowest BCUT2D eigenvalue weighted by atomic mass is 9.96. The largest absolute Gasteiger partial charge is 0.309 e. The molecule has 0 unspecified atom stereocenters. The maximum Gasteiger partial charge on any atom is 0.229 e. The Balaban J connectivity index is 2.22. The second-order valence-electron chi connectivity index (χ2n) is 5.69. The van der Waals surface area contributed by atoms with Crippen LogP contribution >= 0.6 is 0 Å². The molecule has 0 saturated carbocycles. The van der Waals surface area contributed by atoms with Crippen molar-refractivity contribution in [3.8, 4) is 0 Å². The van der Waals surface area contributed by atoms with Gasteiger partial charge in [-0.2, -0.15) is 0 Å². The summed E-state index contributed by atoms with van der Waals surface area (Å²) >= 11 is 0. The third kappa shape index (κ3) is 2.30. The maximum atomic E-state index is 11.9. The molecule has 2 rings (SSSR count). The van der Waals surface area contributed by atoms with Gasteiger partial charge in [0.15, 0.2) is 0 Å². The molecule has 0 aromatic carbocycles. The van der Waals surface area contributed by atoms with Gasteiger partial charge in [0.2, 0.25) is 5.91 Å². The van der Waals surface area contributed by atoms with Gasteiger partial charge in [-0.05, 0) is 6.42 Å². The van der Waals surface area contributed by atoms with Crippen molar-refractivity contribution in [3.05, 3.63) is 18.2 Å². The Labute approximate surface area is 102 Å². The van der Waals surface area contributed by atoms with Gasteiger partial charge in [0, 0.05) is 17.9 Å². The minimum absolute atomic E-state index is 0.0547. The fourth-order valence-electron chi connectivity index (χ4n) is 1.93. The number of hydrogen-bond acceptors (Lipinski definition) is 3. The zero-order valence-corrected chi connectivity index (χ0v) is 10.9. The van der Waals surface area contributed by atoms with Crippen LogP contribution in [0.25, 0.3) is 0 Å². The number of rotatable bonds is 1. The van der Waals surface area contributed by atoms with Crippen molar-refractivity contribution in [2.45, 2.75) is 39.5 Å². The summed E-state index contributed by atoms with van der Waals surface area (Å²) in [6.07, 6.45) is 4.42. The summed E-state index contributed by atoms with van der Waals surface area (Å²) in [6.45, 7) is 8.96. The van der Waals surface area contributed by atoms with Gasteiger partial charge in [-0.15, -0.1) is 0 Å². The topological polar surface area (TPSA) is 46.1 Å². The number of anilines is 1. The van der Waals surface area contributed by atoms with E-state index in [2.05, 4.69) is 30.7 Å². The van der Waals surface area contributed by atoms with Crippen LogP contribution in [0.5, 0.6) is 0 Å². The van der Waals surface area contributed by atoms with Crippen LogP contribution in [0.2, 0.25) is 0 Å². The Morgan fingerprint density at radius 2 is 1.88 bits per heavy atom. The molecule has 1 aliphatic heterocycles. The van der Waals surface area contributed by atoms with Gasteiger partial charge < -0.3 is 4.90 Å². The van der Waals surface area contributed by atoms with Crippen LogP contribution in [-0.4, -0.2) is 22.4 Å². The highest BCUT2D eigenvalue weighted by Gasteiger charge is 2.29. The van der Waals surface area contributed by atoms with E-state index in [-0.39, 0.29) is 17.2 Å². The Morgan fingerprint density at radius 3 is 2.29 bits per heavy atom. The molecule has 4 nitrogen and oxygen atoms in total. The van der Waals surface area contributed by atoms with Gasteiger partial charge in [-0.3, -0.25) is 4.79 Å². The normalized spacial score (nSPS) is 21.1. The van der Waals surface area contributed by atoms with E-state index in [1.54, 1.807) is 17.3 Å². The van der Waals surface area contributed by atoms with Crippen LogP contribution in [0, 0.1) is 5.92 Å². The van der Waals surface area contributed by atoms with Crippen molar-refractivity contribution in [1.29, 1.82) is 0 Å². The summed E-state index contributed by atoms with van der Waals surface area (Å²) in [5, 5.41) is 0. The van der Waals surface area contributed by atoms with Crippen molar-refractivity contribution in [2.75, 3.05) is 11.4 Å². The predicted molar refractivity (Wildman–Crippen MR) is 66.9 cm³/mol. The minimum atomic E-state index is -0.0547. The summed E-state index contributed by atoms with van der Waals surface area (Å²) in [5.41, 5.74) is 0.758. The smallest absolute Gasteiger partial charge is 0.229 e. The average Bonchev–Trinajstić information content (AvgIpc) is 2.59.